The van der Waals surface area contributed by atoms with E-state index in [4.69, 9.17) is 4.74 Å². The van der Waals surface area contributed by atoms with Crippen molar-refractivity contribution in [3.63, 3.8) is 0 Å². The zero-order valence-corrected chi connectivity index (χ0v) is 16.7. The van der Waals surface area contributed by atoms with Crippen LogP contribution in [-0.4, -0.2) is 40.9 Å². The molecule has 0 bridgehead atoms. The number of halogens is 3. The quantitative estimate of drug-likeness (QED) is 0.609. The number of alkyl halides is 3. The molecule has 10 heteroatoms. The summed E-state index contributed by atoms with van der Waals surface area (Å²) in [5.41, 5.74) is 1.80. The largest absolute Gasteiger partial charge is 0.484 e. The Hall–Kier alpha value is -3.82. The summed E-state index contributed by atoms with van der Waals surface area (Å²) in [4.78, 5) is 23.9. The Labute approximate surface area is 181 Å². The molecule has 0 aliphatic carbocycles. The van der Waals surface area contributed by atoms with E-state index >= 15 is 0 Å². The predicted molar refractivity (Wildman–Crippen MR) is 110 cm³/mol. The van der Waals surface area contributed by atoms with E-state index in [1.54, 1.807) is 22.9 Å². The smallest absolute Gasteiger partial charge is 0.422 e. The minimum absolute atomic E-state index is 0.0572. The van der Waals surface area contributed by atoms with Crippen LogP contribution in [0.5, 0.6) is 5.75 Å². The highest BCUT2D eigenvalue weighted by Gasteiger charge is 2.29. The number of ether oxygens (including phenoxy) is 1. The van der Waals surface area contributed by atoms with Gasteiger partial charge in [-0.2, -0.15) is 13.2 Å². The number of benzene rings is 2. The number of nitrogens with one attached hydrogen (secondary N) is 2. The summed E-state index contributed by atoms with van der Waals surface area (Å²) in [5.74, 6) is -0.699. The zero-order chi connectivity index (χ0) is 22.7. The number of aromatic nitrogens is 2. The fourth-order valence-corrected chi connectivity index (χ4v) is 3.34. The third-order valence-electron chi connectivity index (χ3n) is 4.84. The molecule has 3 aromatic rings. The summed E-state index contributed by atoms with van der Waals surface area (Å²) in [6.07, 6.45) is -4.34. The predicted octanol–water partition coefficient (Wildman–Crippen LogP) is 3.56. The number of nitrogens with zero attached hydrogens (tertiary/aromatic N) is 2. The second-order valence-corrected chi connectivity index (χ2v) is 7.29. The van der Waals surface area contributed by atoms with E-state index in [2.05, 4.69) is 15.7 Å². The van der Waals surface area contributed by atoms with Crippen molar-refractivity contribution in [3.8, 4) is 22.7 Å². The SMILES string of the molecule is O=C1C[C@@H](C(=O)Nc2cc(-c3cccc(OCC(F)(F)F)c3)n(-c3ccccc3)n2)CN1. The average molecular weight is 444 g/mol. The molecular weight excluding hydrogens is 425 g/mol. The molecule has 0 spiro atoms. The molecule has 2 N–H and O–H groups in total. The average Bonchev–Trinajstić information content (AvgIpc) is 3.39. The van der Waals surface area contributed by atoms with Crippen LogP contribution in [0.15, 0.2) is 60.7 Å². The molecule has 0 unspecified atom stereocenters. The van der Waals surface area contributed by atoms with Crippen LogP contribution >= 0.6 is 0 Å². The van der Waals surface area contributed by atoms with E-state index < -0.39 is 18.7 Å². The lowest BCUT2D eigenvalue weighted by Gasteiger charge is -2.11. The Kier molecular flexibility index (Phi) is 5.85. The third kappa shape index (κ3) is 5.08. The van der Waals surface area contributed by atoms with E-state index in [0.717, 1.165) is 0 Å². The van der Waals surface area contributed by atoms with Gasteiger partial charge in [-0.1, -0.05) is 30.3 Å². The molecule has 7 nitrogen and oxygen atoms in total. The number of rotatable bonds is 6. The van der Waals surface area contributed by atoms with Crippen LogP contribution in [0.3, 0.4) is 0 Å². The van der Waals surface area contributed by atoms with Crippen molar-refractivity contribution in [2.45, 2.75) is 12.6 Å². The van der Waals surface area contributed by atoms with E-state index in [-0.39, 0.29) is 36.3 Å². The minimum Gasteiger partial charge on any atom is -0.484 e. The molecule has 1 aliphatic rings. The maximum absolute atomic E-state index is 12.5. The maximum Gasteiger partial charge on any atom is 0.422 e. The second kappa shape index (κ2) is 8.74. The van der Waals surface area contributed by atoms with Gasteiger partial charge in [0.05, 0.1) is 17.3 Å². The molecule has 32 heavy (non-hydrogen) atoms. The van der Waals surface area contributed by atoms with Crippen molar-refractivity contribution in [3.05, 3.63) is 60.7 Å². The molecular formula is C22H19F3N4O3. The van der Waals surface area contributed by atoms with Crippen molar-refractivity contribution in [2.75, 3.05) is 18.5 Å². The molecule has 166 valence electrons. The Morgan fingerprint density at radius 3 is 2.62 bits per heavy atom. The van der Waals surface area contributed by atoms with Crippen LogP contribution in [-0.2, 0) is 9.59 Å². The van der Waals surface area contributed by atoms with Gasteiger partial charge in [-0.25, -0.2) is 4.68 Å². The number of amides is 2. The van der Waals surface area contributed by atoms with Gasteiger partial charge in [0.25, 0.3) is 0 Å². The van der Waals surface area contributed by atoms with Crippen molar-refractivity contribution in [1.82, 2.24) is 15.1 Å². The topological polar surface area (TPSA) is 85.2 Å². The zero-order valence-electron chi connectivity index (χ0n) is 16.7. The Balaban J connectivity index is 1.65. The molecule has 0 radical (unpaired) electrons. The van der Waals surface area contributed by atoms with Crippen molar-refractivity contribution in [2.24, 2.45) is 5.92 Å². The standard InChI is InChI=1S/C22H19F3N4O3/c23-22(24,25)13-32-17-8-4-5-14(9-17)18-11-19(27-21(31)15-10-20(30)26-12-15)28-29(18)16-6-2-1-3-7-16/h1-9,11,15H,10,12-13H2,(H,26,30)(H,27,28,31)/t15-/m1/s1. The summed E-state index contributed by atoms with van der Waals surface area (Å²) in [6, 6.07) is 16.9. The first-order valence-corrected chi connectivity index (χ1v) is 9.81. The Morgan fingerprint density at radius 1 is 1.16 bits per heavy atom. The Bertz CT molecular complexity index is 1130. The fraction of sp³-hybridized carbons (Fsp3) is 0.227. The maximum atomic E-state index is 12.5. The number of carbonyl (C=O) groups excluding carboxylic acids is 2. The van der Waals surface area contributed by atoms with E-state index in [0.29, 0.717) is 16.9 Å². The van der Waals surface area contributed by atoms with Crippen LogP contribution < -0.4 is 15.4 Å². The molecule has 1 atom stereocenters. The van der Waals surface area contributed by atoms with Gasteiger partial charge in [0.2, 0.25) is 11.8 Å². The number of hydrogen-bond donors (Lipinski definition) is 2. The van der Waals surface area contributed by atoms with Gasteiger partial charge < -0.3 is 15.4 Å². The molecule has 1 saturated heterocycles. The van der Waals surface area contributed by atoms with Gasteiger partial charge in [0, 0.05) is 24.6 Å². The lowest BCUT2D eigenvalue weighted by atomic mass is 10.1. The summed E-state index contributed by atoms with van der Waals surface area (Å²) in [5, 5.41) is 9.80. The van der Waals surface area contributed by atoms with Crippen LogP contribution in [0.25, 0.3) is 16.9 Å². The lowest BCUT2D eigenvalue weighted by Crippen LogP contribution is -2.24. The van der Waals surface area contributed by atoms with Gasteiger partial charge in [-0.05, 0) is 24.3 Å². The first-order chi connectivity index (χ1) is 15.3. The molecule has 2 amide bonds. The number of hydrogen-bond acceptors (Lipinski definition) is 4. The summed E-state index contributed by atoms with van der Waals surface area (Å²) < 4.78 is 44.0. The first-order valence-electron chi connectivity index (χ1n) is 9.81. The molecule has 2 heterocycles. The van der Waals surface area contributed by atoms with Gasteiger partial charge in [-0.15, -0.1) is 5.10 Å². The number of anilines is 1. The highest BCUT2D eigenvalue weighted by Crippen LogP contribution is 2.29. The molecule has 1 aromatic heterocycles. The lowest BCUT2D eigenvalue weighted by molar-refractivity contribution is -0.153. The highest BCUT2D eigenvalue weighted by atomic mass is 19.4. The van der Waals surface area contributed by atoms with E-state index in [9.17, 15) is 22.8 Å². The van der Waals surface area contributed by atoms with Crippen molar-refractivity contribution < 1.29 is 27.5 Å². The molecule has 1 fully saturated rings. The summed E-state index contributed by atoms with van der Waals surface area (Å²) in [6.45, 7) is -1.14. The van der Waals surface area contributed by atoms with Crippen LogP contribution in [0.4, 0.5) is 19.0 Å². The van der Waals surface area contributed by atoms with Gasteiger partial charge >= 0.3 is 6.18 Å². The van der Waals surface area contributed by atoms with E-state index in [1.807, 2.05) is 30.3 Å². The van der Waals surface area contributed by atoms with Gasteiger partial charge in [0.1, 0.15) is 5.75 Å². The first kappa shape index (κ1) is 21.4. The highest BCUT2D eigenvalue weighted by molar-refractivity contribution is 5.97. The number of carbonyl (C=O) groups is 2. The monoisotopic (exact) mass is 444 g/mol. The minimum atomic E-state index is -4.45. The van der Waals surface area contributed by atoms with Crippen LogP contribution in [0, 0.1) is 5.92 Å². The van der Waals surface area contributed by atoms with Crippen LogP contribution in [0.1, 0.15) is 6.42 Å². The third-order valence-corrected chi connectivity index (χ3v) is 4.84. The molecule has 1 aliphatic heterocycles. The van der Waals surface area contributed by atoms with Crippen molar-refractivity contribution in [1.29, 1.82) is 0 Å². The number of para-hydroxylation sites is 1. The van der Waals surface area contributed by atoms with Crippen LogP contribution in [0.2, 0.25) is 0 Å². The summed E-state index contributed by atoms with van der Waals surface area (Å²) in [7, 11) is 0. The Morgan fingerprint density at radius 2 is 1.94 bits per heavy atom. The summed E-state index contributed by atoms with van der Waals surface area (Å²) >= 11 is 0. The molecule has 4 rings (SSSR count). The second-order valence-electron chi connectivity index (χ2n) is 7.29. The van der Waals surface area contributed by atoms with Gasteiger partial charge in [-0.3, -0.25) is 9.59 Å². The van der Waals surface area contributed by atoms with Crippen molar-refractivity contribution >= 4 is 17.6 Å². The molecule has 2 aromatic carbocycles. The normalized spacial score (nSPS) is 16.0. The van der Waals surface area contributed by atoms with E-state index in [1.165, 1.54) is 12.1 Å². The molecule has 0 saturated carbocycles. The van der Waals surface area contributed by atoms with Gasteiger partial charge in [0.15, 0.2) is 12.4 Å². The fourth-order valence-electron chi connectivity index (χ4n) is 3.34.